The molecule has 6 nitrogen and oxygen atoms in total. The number of para-hydroxylation sites is 1. The first-order chi connectivity index (χ1) is 11.5. The van der Waals surface area contributed by atoms with E-state index in [9.17, 15) is 14.4 Å². The van der Waals surface area contributed by atoms with Crippen LogP contribution < -0.4 is 4.74 Å². The maximum Gasteiger partial charge on any atom is 0.328 e. The Morgan fingerprint density at radius 2 is 2.08 bits per heavy atom. The zero-order chi connectivity index (χ0) is 17.1. The molecule has 2 heterocycles. The van der Waals surface area contributed by atoms with Crippen LogP contribution in [0, 0.1) is 5.41 Å². The van der Waals surface area contributed by atoms with E-state index in [1.807, 2.05) is 19.1 Å². The zero-order valence-corrected chi connectivity index (χ0v) is 13.7. The summed E-state index contributed by atoms with van der Waals surface area (Å²) in [5.74, 6) is -0.720. The number of likely N-dealkylation sites (tertiary alicyclic amines) is 1. The summed E-state index contributed by atoms with van der Waals surface area (Å²) in [6.45, 7) is 2.39. The summed E-state index contributed by atoms with van der Waals surface area (Å²) in [7, 11) is 1.31. The van der Waals surface area contributed by atoms with Crippen LogP contribution in [0.25, 0.3) is 0 Å². The lowest BCUT2D eigenvalue weighted by molar-refractivity contribution is -0.159. The minimum atomic E-state index is -1.21. The molecule has 0 radical (unpaired) electrons. The van der Waals surface area contributed by atoms with E-state index in [0.717, 1.165) is 12.0 Å². The van der Waals surface area contributed by atoms with Crippen LogP contribution in [0.1, 0.15) is 31.7 Å². The second-order valence-corrected chi connectivity index (χ2v) is 6.98. The lowest BCUT2D eigenvalue weighted by Gasteiger charge is -2.32. The molecule has 0 aromatic heterocycles. The molecule has 0 unspecified atom stereocenters. The van der Waals surface area contributed by atoms with Gasteiger partial charge in [-0.25, -0.2) is 4.79 Å². The molecular formula is C18H19NO5. The number of esters is 2. The Bertz CT molecular complexity index is 760. The fourth-order valence-corrected chi connectivity index (χ4v) is 4.34. The van der Waals surface area contributed by atoms with Crippen LogP contribution in [-0.2, 0) is 24.5 Å². The molecule has 0 N–H and O–H groups in total. The molecule has 0 spiro atoms. The van der Waals surface area contributed by atoms with Gasteiger partial charge in [-0.2, -0.15) is 0 Å². The third-order valence-electron chi connectivity index (χ3n) is 5.82. The average Bonchev–Trinajstić information content (AvgIpc) is 3.00. The number of ether oxygens (including phenoxy) is 2. The molecule has 2 fully saturated rings. The van der Waals surface area contributed by atoms with Crippen LogP contribution in [0.2, 0.25) is 0 Å². The van der Waals surface area contributed by atoms with Crippen LogP contribution in [0.4, 0.5) is 0 Å². The van der Waals surface area contributed by atoms with Gasteiger partial charge in [-0.05, 0) is 25.3 Å². The quantitative estimate of drug-likeness (QED) is 0.466. The van der Waals surface area contributed by atoms with Gasteiger partial charge in [0.05, 0.1) is 7.11 Å². The topological polar surface area (TPSA) is 72.9 Å². The molecule has 0 bridgehead atoms. The Labute approximate surface area is 139 Å². The molecule has 1 saturated carbocycles. The Morgan fingerprint density at radius 1 is 1.33 bits per heavy atom. The second kappa shape index (κ2) is 4.82. The smallest absolute Gasteiger partial charge is 0.328 e. The molecule has 1 amide bonds. The number of rotatable bonds is 2. The normalized spacial score (nSPS) is 33.3. The maximum atomic E-state index is 13.2. The molecule has 6 heteroatoms. The minimum absolute atomic E-state index is 0.308. The van der Waals surface area contributed by atoms with Crippen molar-refractivity contribution in [1.29, 1.82) is 0 Å². The Hall–Kier alpha value is -2.37. The van der Waals surface area contributed by atoms with Crippen molar-refractivity contribution >= 4 is 17.8 Å². The number of amides is 1. The monoisotopic (exact) mass is 329 g/mol. The van der Waals surface area contributed by atoms with Gasteiger partial charge in [-0.15, -0.1) is 0 Å². The maximum absolute atomic E-state index is 13.2. The van der Waals surface area contributed by atoms with Gasteiger partial charge in [0.15, 0.2) is 5.41 Å². The first kappa shape index (κ1) is 15.2. The first-order valence-corrected chi connectivity index (χ1v) is 8.16. The predicted octanol–water partition coefficient (Wildman–Crippen LogP) is 1.42. The molecule has 1 saturated heterocycles. The van der Waals surface area contributed by atoms with Crippen LogP contribution >= 0.6 is 0 Å². The summed E-state index contributed by atoms with van der Waals surface area (Å²) in [6.07, 6.45) is 1.71. The van der Waals surface area contributed by atoms with Gasteiger partial charge in [-0.1, -0.05) is 25.1 Å². The summed E-state index contributed by atoms with van der Waals surface area (Å²) >= 11 is 0. The average molecular weight is 329 g/mol. The van der Waals surface area contributed by atoms with Gasteiger partial charge in [0, 0.05) is 17.5 Å². The third kappa shape index (κ3) is 1.68. The highest BCUT2D eigenvalue weighted by molar-refractivity contribution is 6.11. The van der Waals surface area contributed by atoms with Gasteiger partial charge in [-0.3, -0.25) is 9.59 Å². The van der Waals surface area contributed by atoms with Crippen molar-refractivity contribution in [2.45, 2.75) is 37.6 Å². The third-order valence-corrected chi connectivity index (χ3v) is 5.82. The number of fused-ring (bicyclic) bond motifs is 3. The Kier molecular flexibility index (Phi) is 3.04. The molecule has 24 heavy (non-hydrogen) atoms. The summed E-state index contributed by atoms with van der Waals surface area (Å²) < 4.78 is 10.3. The van der Waals surface area contributed by atoms with E-state index < -0.39 is 28.8 Å². The summed E-state index contributed by atoms with van der Waals surface area (Å²) in [5.41, 5.74) is -0.899. The van der Waals surface area contributed by atoms with Gasteiger partial charge in [0.1, 0.15) is 11.8 Å². The highest BCUT2D eigenvalue weighted by Crippen LogP contribution is 2.69. The van der Waals surface area contributed by atoms with Crippen molar-refractivity contribution in [2.24, 2.45) is 5.41 Å². The number of hydrogen-bond acceptors (Lipinski definition) is 5. The van der Waals surface area contributed by atoms with Crippen molar-refractivity contribution in [3.63, 3.8) is 0 Å². The molecular weight excluding hydrogens is 310 g/mol. The van der Waals surface area contributed by atoms with Gasteiger partial charge in [0.2, 0.25) is 5.91 Å². The van der Waals surface area contributed by atoms with E-state index in [0.29, 0.717) is 25.1 Å². The number of hydrogen-bond donors (Lipinski definition) is 0. The predicted molar refractivity (Wildman–Crippen MR) is 83.2 cm³/mol. The molecule has 1 aromatic rings. The van der Waals surface area contributed by atoms with Crippen molar-refractivity contribution in [2.75, 3.05) is 13.7 Å². The first-order valence-electron chi connectivity index (χ1n) is 8.16. The lowest BCUT2D eigenvalue weighted by Crippen LogP contribution is -2.51. The fraction of sp³-hybridized carbons (Fsp3) is 0.500. The molecule has 1 aromatic carbocycles. The van der Waals surface area contributed by atoms with Crippen LogP contribution in [0.15, 0.2) is 24.3 Å². The van der Waals surface area contributed by atoms with Gasteiger partial charge in [0.25, 0.3) is 0 Å². The number of methoxy groups -OCH3 is 1. The highest BCUT2D eigenvalue weighted by atomic mass is 16.5. The zero-order valence-electron chi connectivity index (χ0n) is 13.7. The summed E-state index contributed by atoms with van der Waals surface area (Å²) in [5, 5.41) is 0. The molecule has 3 atom stereocenters. The Balaban J connectivity index is 1.71. The molecule has 1 aliphatic carbocycles. The van der Waals surface area contributed by atoms with E-state index in [4.69, 9.17) is 9.47 Å². The van der Waals surface area contributed by atoms with Crippen LogP contribution in [-0.4, -0.2) is 42.4 Å². The summed E-state index contributed by atoms with van der Waals surface area (Å²) in [4.78, 5) is 39.4. The van der Waals surface area contributed by atoms with E-state index in [2.05, 4.69) is 0 Å². The standard InChI is InChI=1S/C18H19NO5/c1-17-10-18(17,16(22)24-13-8-4-3-6-11(13)17)15(21)19-9-5-7-12(19)14(20)23-2/h3-4,6,8,12H,5,7,9-10H2,1-2H3/t12-,17+,18-/m0/s1. The number of carbonyl (C=O) groups is 3. The Morgan fingerprint density at radius 3 is 2.83 bits per heavy atom. The highest BCUT2D eigenvalue weighted by Gasteiger charge is 2.79. The van der Waals surface area contributed by atoms with E-state index in [1.165, 1.54) is 12.0 Å². The largest absolute Gasteiger partial charge is 0.467 e. The van der Waals surface area contributed by atoms with Crippen LogP contribution in [0.5, 0.6) is 5.75 Å². The minimum Gasteiger partial charge on any atom is -0.467 e. The van der Waals surface area contributed by atoms with Gasteiger partial charge >= 0.3 is 11.9 Å². The second-order valence-electron chi connectivity index (χ2n) is 6.98. The summed E-state index contributed by atoms with van der Waals surface area (Å²) in [6, 6.07) is 6.73. The van der Waals surface area contributed by atoms with Crippen LogP contribution in [0.3, 0.4) is 0 Å². The number of benzene rings is 1. The van der Waals surface area contributed by atoms with E-state index in [-0.39, 0.29) is 5.91 Å². The van der Waals surface area contributed by atoms with Crippen molar-refractivity contribution in [3.8, 4) is 5.75 Å². The molecule has 3 aliphatic rings. The molecule has 4 rings (SSSR count). The van der Waals surface area contributed by atoms with Crippen molar-refractivity contribution < 1.29 is 23.9 Å². The molecule has 2 aliphatic heterocycles. The van der Waals surface area contributed by atoms with E-state index in [1.54, 1.807) is 12.1 Å². The van der Waals surface area contributed by atoms with Crippen molar-refractivity contribution in [1.82, 2.24) is 4.90 Å². The number of nitrogens with zero attached hydrogens (tertiary/aromatic N) is 1. The lowest BCUT2D eigenvalue weighted by atomic mass is 9.84. The van der Waals surface area contributed by atoms with E-state index >= 15 is 0 Å². The van der Waals surface area contributed by atoms with Crippen molar-refractivity contribution in [3.05, 3.63) is 29.8 Å². The number of carbonyl (C=O) groups excluding carboxylic acids is 3. The van der Waals surface area contributed by atoms with Gasteiger partial charge < -0.3 is 14.4 Å². The molecule has 126 valence electrons. The fourth-order valence-electron chi connectivity index (χ4n) is 4.34. The SMILES string of the molecule is COC(=O)[C@@H]1CCCN1C(=O)[C@]12C[C@]1(C)c1ccccc1OC2=O.